The molecule has 0 amide bonds. The van der Waals surface area contributed by atoms with E-state index in [1.807, 2.05) is 19.1 Å². The van der Waals surface area contributed by atoms with Crippen molar-refractivity contribution in [1.82, 2.24) is 0 Å². The Morgan fingerprint density at radius 3 is 3.06 bits per heavy atom. The van der Waals surface area contributed by atoms with E-state index in [4.69, 9.17) is 4.74 Å². The molecule has 0 aliphatic carbocycles. The lowest BCUT2D eigenvalue weighted by molar-refractivity contribution is -0.122. The van der Waals surface area contributed by atoms with Crippen LogP contribution in [0.3, 0.4) is 0 Å². The van der Waals surface area contributed by atoms with Crippen molar-refractivity contribution in [2.75, 3.05) is 6.61 Å². The third kappa shape index (κ3) is 2.20. The molecule has 3 rings (SSSR count). The molecule has 0 radical (unpaired) electrons. The normalized spacial score (nSPS) is 23.6. The number of ketones is 1. The highest BCUT2D eigenvalue weighted by molar-refractivity contribution is 7.17. The van der Waals surface area contributed by atoms with Gasteiger partial charge in [0.15, 0.2) is 0 Å². The average Bonchev–Trinajstić information content (AvgIpc) is 2.97. The zero-order valence-electron chi connectivity index (χ0n) is 10.4. The largest absolute Gasteiger partial charge is 0.378 e. The Bertz CT molecular complexity index is 573. The van der Waals surface area contributed by atoms with Gasteiger partial charge in [-0.25, -0.2) is 0 Å². The highest BCUT2D eigenvalue weighted by Crippen LogP contribution is 2.28. The van der Waals surface area contributed by atoms with Crippen LogP contribution in [0.15, 0.2) is 29.6 Å². The number of carbonyl (C=O) groups excluding carboxylic acids is 1. The molecule has 2 nitrogen and oxygen atoms in total. The van der Waals surface area contributed by atoms with E-state index in [-0.39, 0.29) is 12.0 Å². The maximum Gasteiger partial charge on any atom is 0.142 e. The molecule has 1 aromatic heterocycles. The topological polar surface area (TPSA) is 26.3 Å². The predicted octanol–water partition coefficient (Wildman–Crippen LogP) is 3.44. The van der Waals surface area contributed by atoms with Gasteiger partial charge in [0.2, 0.25) is 0 Å². The Kier molecular flexibility index (Phi) is 3.18. The summed E-state index contributed by atoms with van der Waals surface area (Å²) in [4.78, 5) is 12.2. The first-order chi connectivity index (χ1) is 8.74. The van der Waals surface area contributed by atoms with Gasteiger partial charge in [-0.2, -0.15) is 0 Å². The molecule has 1 saturated heterocycles. The third-order valence-corrected chi connectivity index (χ3v) is 4.59. The molecule has 2 aromatic rings. The van der Waals surface area contributed by atoms with Crippen LogP contribution in [0.25, 0.3) is 10.1 Å². The van der Waals surface area contributed by atoms with Crippen molar-refractivity contribution in [3.8, 4) is 0 Å². The van der Waals surface area contributed by atoms with E-state index < -0.39 is 0 Å². The van der Waals surface area contributed by atoms with E-state index >= 15 is 0 Å². The van der Waals surface area contributed by atoms with Crippen molar-refractivity contribution < 1.29 is 9.53 Å². The molecular formula is C15H16O2S. The van der Waals surface area contributed by atoms with Gasteiger partial charge in [-0.05, 0) is 35.7 Å². The summed E-state index contributed by atoms with van der Waals surface area (Å²) in [5, 5.41) is 3.34. The number of rotatable bonds is 3. The van der Waals surface area contributed by atoms with Gasteiger partial charge >= 0.3 is 0 Å². The van der Waals surface area contributed by atoms with Gasteiger partial charge in [0.25, 0.3) is 0 Å². The summed E-state index contributed by atoms with van der Waals surface area (Å²) in [7, 11) is 0. The zero-order chi connectivity index (χ0) is 12.5. The van der Waals surface area contributed by atoms with Crippen molar-refractivity contribution >= 4 is 27.2 Å². The highest BCUT2D eigenvalue weighted by atomic mass is 32.1. The van der Waals surface area contributed by atoms with Crippen molar-refractivity contribution in [1.29, 1.82) is 0 Å². The van der Waals surface area contributed by atoms with Gasteiger partial charge in [-0.3, -0.25) is 4.79 Å². The predicted molar refractivity (Wildman–Crippen MR) is 74.1 cm³/mol. The molecular weight excluding hydrogens is 244 g/mol. The summed E-state index contributed by atoms with van der Waals surface area (Å²) in [5.41, 5.74) is 1.17. The second-order valence-corrected chi connectivity index (χ2v) is 5.89. The van der Waals surface area contributed by atoms with Gasteiger partial charge in [-0.15, -0.1) is 11.3 Å². The smallest absolute Gasteiger partial charge is 0.142 e. The van der Waals surface area contributed by atoms with Gasteiger partial charge in [0.1, 0.15) is 5.78 Å². The molecule has 2 heterocycles. The summed E-state index contributed by atoms with van der Waals surface area (Å²) in [6, 6.07) is 8.28. The van der Waals surface area contributed by atoms with Gasteiger partial charge < -0.3 is 4.74 Å². The fourth-order valence-electron chi connectivity index (χ4n) is 2.54. The molecule has 1 fully saturated rings. The standard InChI is InChI=1S/C15H16O2S/c1-10-6-11(8-17-10)14(16)7-12-9-18-15-5-3-2-4-13(12)15/h2-5,9-11H,6-8H2,1H3. The molecule has 1 aliphatic heterocycles. The van der Waals surface area contributed by atoms with Crippen LogP contribution in [0.4, 0.5) is 0 Å². The van der Waals surface area contributed by atoms with Crippen LogP contribution in [0.1, 0.15) is 18.9 Å². The molecule has 18 heavy (non-hydrogen) atoms. The first-order valence-electron chi connectivity index (χ1n) is 6.33. The summed E-state index contributed by atoms with van der Waals surface area (Å²) in [5.74, 6) is 0.418. The second kappa shape index (κ2) is 4.82. The minimum atomic E-state index is 0.0960. The van der Waals surface area contributed by atoms with Crippen LogP contribution in [0.2, 0.25) is 0 Å². The number of Topliss-reactive ketones (excluding diaryl/α,β-unsaturated/α-hetero) is 1. The van der Waals surface area contributed by atoms with E-state index in [9.17, 15) is 4.79 Å². The van der Waals surface area contributed by atoms with E-state index in [2.05, 4.69) is 17.5 Å². The molecule has 0 spiro atoms. The highest BCUT2D eigenvalue weighted by Gasteiger charge is 2.28. The van der Waals surface area contributed by atoms with E-state index in [0.29, 0.717) is 18.8 Å². The number of benzene rings is 1. The Morgan fingerprint density at radius 1 is 1.44 bits per heavy atom. The summed E-state index contributed by atoms with van der Waals surface area (Å²) in [6.07, 6.45) is 1.66. The second-order valence-electron chi connectivity index (χ2n) is 4.98. The van der Waals surface area contributed by atoms with Crippen molar-refractivity contribution in [3.05, 3.63) is 35.2 Å². The third-order valence-electron chi connectivity index (χ3n) is 3.58. The van der Waals surface area contributed by atoms with Crippen LogP contribution in [0.5, 0.6) is 0 Å². The lowest BCUT2D eigenvalue weighted by atomic mass is 9.95. The fraction of sp³-hybridized carbons (Fsp3) is 0.400. The van der Waals surface area contributed by atoms with E-state index in [0.717, 1.165) is 6.42 Å². The molecule has 1 aromatic carbocycles. The molecule has 3 heteroatoms. The fourth-order valence-corrected chi connectivity index (χ4v) is 3.51. The summed E-state index contributed by atoms with van der Waals surface area (Å²) in [6.45, 7) is 2.63. The number of hydrogen-bond acceptors (Lipinski definition) is 3. The summed E-state index contributed by atoms with van der Waals surface area (Å²) < 4.78 is 6.74. The van der Waals surface area contributed by atoms with Gasteiger partial charge in [0.05, 0.1) is 12.7 Å². The molecule has 0 N–H and O–H groups in total. The van der Waals surface area contributed by atoms with Crippen LogP contribution >= 0.6 is 11.3 Å². The minimum absolute atomic E-state index is 0.0960. The Balaban J connectivity index is 1.78. The first kappa shape index (κ1) is 11.9. The molecule has 2 unspecified atom stereocenters. The Morgan fingerprint density at radius 2 is 2.28 bits per heavy atom. The van der Waals surface area contributed by atoms with Crippen molar-refractivity contribution in [3.63, 3.8) is 0 Å². The number of carbonyl (C=O) groups is 1. The van der Waals surface area contributed by atoms with Crippen LogP contribution in [0, 0.1) is 5.92 Å². The number of fused-ring (bicyclic) bond motifs is 1. The van der Waals surface area contributed by atoms with Gasteiger partial charge in [0, 0.05) is 17.0 Å². The van der Waals surface area contributed by atoms with Crippen LogP contribution < -0.4 is 0 Å². The number of thiophene rings is 1. The van der Waals surface area contributed by atoms with Crippen LogP contribution in [-0.2, 0) is 16.0 Å². The molecule has 1 aliphatic rings. The van der Waals surface area contributed by atoms with Crippen molar-refractivity contribution in [2.45, 2.75) is 25.9 Å². The molecule has 0 bridgehead atoms. The number of ether oxygens (including phenoxy) is 1. The maximum atomic E-state index is 12.2. The SMILES string of the molecule is CC1CC(C(=O)Cc2csc3ccccc23)CO1. The maximum absolute atomic E-state index is 12.2. The van der Waals surface area contributed by atoms with E-state index in [1.165, 1.54) is 15.6 Å². The number of hydrogen-bond donors (Lipinski definition) is 0. The molecule has 94 valence electrons. The van der Waals surface area contributed by atoms with Gasteiger partial charge in [-0.1, -0.05) is 18.2 Å². The Hall–Kier alpha value is -1.19. The molecule has 0 saturated carbocycles. The summed E-state index contributed by atoms with van der Waals surface area (Å²) >= 11 is 1.72. The lowest BCUT2D eigenvalue weighted by Crippen LogP contribution is -2.16. The van der Waals surface area contributed by atoms with E-state index in [1.54, 1.807) is 11.3 Å². The van der Waals surface area contributed by atoms with Crippen LogP contribution in [-0.4, -0.2) is 18.5 Å². The zero-order valence-corrected chi connectivity index (χ0v) is 11.2. The monoisotopic (exact) mass is 260 g/mol. The molecule has 2 atom stereocenters. The minimum Gasteiger partial charge on any atom is -0.378 e. The lowest BCUT2D eigenvalue weighted by Gasteiger charge is -2.05. The average molecular weight is 260 g/mol. The first-order valence-corrected chi connectivity index (χ1v) is 7.21. The quantitative estimate of drug-likeness (QED) is 0.845. The van der Waals surface area contributed by atoms with Crippen molar-refractivity contribution in [2.24, 2.45) is 5.92 Å². The Labute approximate surface area is 111 Å².